The molecule has 0 aliphatic heterocycles. The van der Waals surface area contributed by atoms with Crippen LogP contribution in [0.25, 0.3) is 6.08 Å². The predicted molar refractivity (Wildman–Crippen MR) is 107 cm³/mol. The van der Waals surface area contributed by atoms with Gasteiger partial charge in [0.15, 0.2) is 21.3 Å². The van der Waals surface area contributed by atoms with Crippen LogP contribution >= 0.6 is 22.6 Å². The van der Waals surface area contributed by atoms with Gasteiger partial charge in [0, 0.05) is 5.41 Å². The van der Waals surface area contributed by atoms with E-state index in [-0.39, 0.29) is 5.75 Å². The second-order valence-corrected chi connectivity index (χ2v) is 8.25. The summed E-state index contributed by atoms with van der Waals surface area (Å²) in [6.45, 7) is 0. The van der Waals surface area contributed by atoms with Gasteiger partial charge in [0.25, 0.3) is 0 Å². The van der Waals surface area contributed by atoms with Crippen molar-refractivity contribution in [3.63, 3.8) is 0 Å². The number of rotatable bonds is 7. The molecule has 0 amide bonds. The summed E-state index contributed by atoms with van der Waals surface area (Å²) in [5, 5.41) is 1.22. The van der Waals surface area contributed by atoms with E-state index in [1.54, 1.807) is 57.7 Å². The average molecular weight is 474 g/mol. The first-order valence-electron chi connectivity index (χ1n) is 7.34. The minimum absolute atomic E-state index is 0.0716. The molecule has 0 aliphatic carbocycles. The van der Waals surface area contributed by atoms with E-state index in [1.807, 2.05) is 6.07 Å². The van der Waals surface area contributed by atoms with Crippen LogP contribution in [0.15, 0.2) is 41.8 Å². The van der Waals surface area contributed by atoms with Crippen LogP contribution in [0.2, 0.25) is 0 Å². The van der Waals surface area contributed by atoms with Crippen LogP contribution in [-0.2, 0) is 15.6 Å². The van der Waals surface area contributed by atoms with Gasteiger partial charge in [-0.15, -0.1) is 0 Å². The average Bonchev–Trinajstić information content (AvgIpc) is 2.60. The molecule has 0 saturated heterocycles. The zero-order chi connectivity index (χ0) is 18.4. The first kappa shape index (κ1) is 19.6. The fraction of sp³-hybridized carbons (Fsp3) is 0.222. The van der Waals surface area contributed by atoms with E-state index < -0.39 is 9.84 Å². The third-order valence-electron chi connectivity index (χ3n) is 3.45. The van der Waals surface area contributed by atoms with E-state index in [9.17, 15) is 8.42 Å². The van der Waals surface area contributed by atoms with Gasteiger partial charge in [0.2, 0.25) is 0 Å². The Morgan fingerprint density at radius 1 is 1.00 bits per heavy atom. The fourth-order valence-corrected chi connectivity index (χ4v) is 4.18. The Kier molecular flexibility index (Phi) is 6.71. The third kappa shape index (κ3) is 5.37. The van der Waals surface area contributed by atoms with Gasteiger partial charge in [-0.25, -0.2) is 8.42 Å². The minimum Gasteiger partial charge on any atom is -0.497 e. The van der Waals surface area contributed by atoms with Crippen LogP contribution in [0.4, 0.5) is 0 Å². The van der Waals surface area contributed by atoms with Crippen molar-refractivity contribution in [2.45, 2.75) is 5.75 Å². The molecule has 0 saturated carbocycles. The summed E-state index contributed by atoms with van der Waals surface area (Å²) in [6, 6.07) is 10.5. The standard InChI is InChI=1S/C18H19IO5S/c1-22-15-6-4-13(5-7-15)12-25(20,21)9-8-14-10-16(19)18(24-3)17(11-14)23-2/h4-11H,12H2,1-3H3. The van der Waals surface area contributed by atoms with Crippen molar-refractivity contribution in [3.8, 4) is 17.2 Å². The highest BCUT2D eigenvalue weighted by atomic mass is 127. The van der Waals surface area contributed by atoms with Crippen molar-refractivity contribution < 1.29 is 22.6 Å². The van der Waals surface area contributed by atoms with Crippen molar-refractivity contribution >= 4 is 38.5 Å². The van der Waals surface area contributed by atoms with Crippen LogP contribution < -0.4 is 14.2 Å². The highest BCUT2D eigenvalue weighted by Crippen LogP contribution is 2.34. The van der Waals surface area contributed by atoms with Crippen LogP contribution in [0.3, 0.4) is 0 Å². The van der Waals surface area contributed by atoms with Crippen LogP contribution in [0.5, 0.6) is 17.2 Å². The number of sulfone groups is 1. The predicted octanol–water partition coefficient (Wildman–Crippen LogP) is 3.90. The molecular weight excluding hydrogens is 455 g/mol. The van der Waals surface area contributed by atoms with Gasteiger partial charge in [-0.05, 0) is 64.1 Å². The molecule has 134 valence electrons. The Morgan fingerprint density at radius 2 is 1.68 bits per heavy atom. The lowest BCUT2D eigenvalue weighted by Gasteiger charge is -2.10. The van der Waals surface area contributed by atoms with Gasteiger partial charge in [-0.3, -0.25) is 0 Å². The molecule has 0 radical (unpaired) electrons. The summed E-state index contributed by atoms with van der Waals surface area (Å²) in [5.74, 6) is 1.80. The summed E-state index contributed by atoms with van der Waals surface area (Å²) in [4.78, 5) is 0. The van der Waals surface area contributed by atoms with Gasteiger partial charge < -0.3 is 14.2 Å². The molecule has 0 spiro atoms. The lowest BCUT2D eigenvalue weighted by molar-refractivity contribution is 0.353. The van der Waals surface area contributed by atoms with Gasteiger partial charge >= 0.3 is 0 Å². The van der Waals surface area contributed by atoms with Crippen molar-refractivity contribution in [2.24, 2.45) is 0 Å². The lowest BCUT2D eigenvalue weighted by Crippen LogP contribution is -2.00. The van der Waals surface area contributed by atoms with E-state index in [4.69, 9.17) is 14.2 Å². The van der Waals surface area contributed by atoms with Crippen molar-refractivity contribution in [3.05, 3.63) is 56.5 Å². The zero-order valence-corrected chi connectivity index (χ0v) is 17.1. The number of halogens is 1. The first-order valence-corrected chi connectivity index (χ1v) is 10.1. The zero-order valence-electron chi connectivity index (χ0n) is 14.2. The summed E-state index contributed by atoms with van der Waals surface area (Å²) < 4.78 is 41.1. The number of methoxy groups -OCH3 is 3. The minimum atomic E-state index is -3.40. The van der Waals surface area contributed by atoms with E-state index in [2.05, 4.69) is 22.6 Å². The molecule has 25 heavy (non-hydrogen) atoms. The number of hydrogen-bond donors (Lipinski definition) is 0. The maximum Gasteiger partial charge on any atom is 0.175 e. The second-order valence-electron chi connectivity index (χ2n) is 5.20. The fourth-order valence-electron chi connectivity index (χ4n) is 2.22. The SMILES string of the molecule is COc1ccc(CS(=O)(=O)C=Cc2cc(I)c(OC)c(OC)c2)cc1. The molecule has 0 atom stereocenters. The third-order valence-corrected chi connectivity index (χ3v) is 5.54. The molecule has 2 aromatic carbocycles. The maximum absolute atomic E-state index is 12.3. The molecule has 2 aromatic rings. The Morgan fingerprint density at radius 3 is 2.24 bits per heavy atom. The molecule has 0 aromatic heterocycles. The quantitative estimate of drug-likeness (QED) is 0.570. The van der Waals surface area contributed by atoms with Gasteiger partial charge in [0.05, 0.1) is 30.7 Å². The number of ether oxygens (including phenoxy) is 3. The van der Waals surface area contributed by atoms with Crippen molar-refractivity contribution in [2.75, 3.05) is 21.3 Å². The first-order chi connectivity index (χ1) is 11.9. The Hall–Kier alpha value is -1.74. The molecule has 0 unspecified atom stereocenters. The molecule has 7 heteroatoms. The van der Waals surface area contributed by atoms with Crippen LogP contribution in [0, 0.1) is 3.57 Å². The topological polar surface area (TPSA) is 61.8 Å². The molecular formula is C18H19IO5S. The molecule has 0 heterocycles. The van der Waals surface area contributed by atoms with Crippen LogP contribution in [0.1, 0.15) is 11.1 Å². The van der Waals surface area contributed by atoms with Crippen molar-refractivity contribution in [1.29, 1.82) is 0 Å². The molecule has 0 fully saturated rings. The van der Waals surface area contributed by atoms with E-state index in [0.29, 0.717) is 22.8 Å². The van der Waals surface area contributed by atoms with Gasteiger partial charge in [-0.2, -0.15) is 0 Å². The van der Waals surface area contributed by atoms with Crippen LogP contribution in [-0.4, -0.2) is 29.7 Å². The Labute approximate surface area is 161 Å². The number of benzene rings is 2. The van der Waals surface area contributed by atoms with E-state index in [1.165, 1.54) is 5.41 Å². The molecule has 0 N–H and O–H groups in total. The van der Waals surface area contributed by atoms with Crippen molar-refractivity contribution in [1.82, 2.24) is 0 Å². The summed E-state index contributed by atoms with van der Waals surface area (Å²) in [5.41, 5.74) is 1.42. The second kappa shape index (κ2) is 8.57. The smallest absolute Gasteiger partial charge is 0.175 e. The maximum atomic E-state index is 12.3. The largest absolute Gasteiger partial charge is 0.497 e. The van der Waals surface area contributed by atoms with Gasteiger partial charge in [-0.1, -0.05) is 12.1 Å². The molecule has 5 nitrogen and oxygen atoms in total. The van der Waals surface area contributed by atoms with E-state index in [0.717, 1.165) is 9.13 Å². The monoisotopic (exact) mass is 474 g/mol. The highest BCUT2D eigenvalue weighted by molar-refractivity contribution is 14.1. The molecule has 0 bridgehead atoms. The summed E-state index contributed by atoms with van der Waals surface area (Å²) in [6.07, 6.45) is 1.56. The normalized spacial score (nSPS) is 11.5. The molecule has 2 rings (SSSR count). The van der Waals surface area contributed by atoms with Gasteiger partial charge in [0.1, 0.15) is 5.75 Å². The Bertz CT molecular complexity index is 858. The number of hydrogen-bond acceptors (Lipinski definition) is 5. The molecule has 0 aliphatic rings. The lowest BCUT2D eigenvalue weighted by atomic mass is 10.2. The Balaban J connectivity index is 2.20. The van der Waals surface area contributed by atoms with E-state index >= 15 is 0 Å². The highest BCUT2D eigenvalue weighted by Gasteiger charge is 2.11. The summed E-state index contributed by atoms with van der Waals surface area (Å²) >= 11 is 2.12. The summed E-state index contributed by atoms with van der Waals surface area (Å²) in [7, 11) is 1.28.